The van der Waals surface area contributed by atoms with E-state index in [1.165, 1.54) is 0 Å². The second kappa shape index (κ2) is 6.98. The average Bonchev–Trinajstić information content (AvgIpc) is 3.11. The molecular formula is C20H15ClN4O. The molecule has 0 aliphatic heterocycles. The molecule has 6 heteroatoms. The zero-order valence-corrected chi connectivity index (χ0v) is 14.5. The summed E-state index contributed by atoms with van der Waals surface area (Å²) in [6.45, 7) is 0.431. The van der Waals surface area contributed by atoms with Crippen LogP contribution >= 0.6 is 11.6 Å². The molecule has 0 saturated heterocycles. The van der Waals surface area contributed by atoms with E-state index in [9.17, 15) is 4.79 Å². The van der Waals surface area contributed by atoms with Gasteiger partial charge in [0, 0.05) is 28.9 Å². The van der Waals surface area contributed by atoms with Gasteiger partial charge in [0.15, 0.2) is 5.65 Å². The first kappa shape index (κ1) is 16.3. The third-order valence-electron chi connectivity index (χ3n) is 4.02. The summed E-state index contributed by atoms with van der Waals surface area (Å²) in [7, 11) is 0. The zero-order valence-electron chi connectivity index (χ0n) is 13.8. The van der Waals surface area contributed by atoms with Gasteiger partial charge in [0.1, 0.15) is 0 Å². The van der Waals surface area contributed by atoms with Crippen molar-refractivity contribution in [3.63, 3.8) is 0 Å². The largest absolute Gasteiger partial charge is 0.348 e. The predicted octanol–water partition coefficient (Wildman–Crippen LogP) is 3.98. The number of nitrogens with one attached hydrogen (secondary N) is 1. The number of hydrogen-bond donors (Lipinski definition) is 1. The Hall–Kier alpha value is -3.18. The molecule has 4 rings (SSSR count). The van der Waals surface area contributed by atoms with Crippen molar-refractivity contribution in [2.24, 2.45) is 0 Å². The number of halogens is 1. The lowest BCUT2D eigenvalue weighted by atomic mass is 10.1. The van der Waals surface area contributed by atoms with Crippen molar-refractivity contribution < 1.29 is 4.79 Å². The molecule has 1 N–H and O–H groups in total. The van der Waals surface area contributed by atoms with E-state index in [4.69, 9.17) is 11.6 Å². The number of nitrogens with zero attached hydrogens (tertiary/aromatic N) is 3. The Morgan fingerprint density at radius 2 is 1.92 bits per heavy atom. The van der Waals surface area contributed by atoms with Crippen LogP contribution in [0.5, 0.6) is 0 Å². The first-order valence-electron chi connectivity index (χ1n) is 8.12. The van der Waals surface area contributed by atoms with Crippen LogP contribution < -0.4 is 5.32 Å². The maximum absolute atomic E-state index is 12.2. The van der Waals surface area contributed by atoms with Crippen LogP contribution in [-0.2, 0) is 6.54 Å². The minimum atomic E-state index is -0.135. The van der Waals surface area contributed by atoms with Crippen molar-refractivity contribution in [3.8, 4) is 11.3 Å². The second-order valence-electron chi connectivity index (χ2n) is 5.84. The highest BCUT2D eigenvalue weighted by molar-refractivity contribution is 6.30. The SMILES string of the molecule is O=C(NCc1cccc(-c2cn3ncccc3n2)c1)c1ccc(Cl)cc1. The van der Waals surface area contributed by atoms with E-state index in [1.807, 2.05) is 42.6 Å². The summed E-state index contributed by atoms with van der Waals surface area (Å²) >= 11 is 5.85. The van der Waals surface area contributed by atoms with Gasteiger partial charge < -0.3 is 5.32 Å². The molecular weight excluding hydrogens is 348 g/mol. The van der Waals surface area contributed by atoms with E-state index < -0.39 is 0 Å². The number of carbonyl (C=O) groups is 1. The van der Waals surface area contributed by atoms with Crippen LogP contribution in [0.2, 0.25) is 5.02 Å². The Labute approximate surface area is 155 Å². The Morgan fingerprint density at radius 3 is 2.73 bits per heavy atom. The number of amides is 1. The van der Waals surface area contributed by atoms with Gasteiger partial charge in [0.25, 0.3) is 5.91 Å². The molecule has 2 heterocycles. The minimum absolute atomic E-state index is 0.135. The predicted molar refractivity (Wildman–Crippen MR) is 101 cm³/mol. The van der Waals surface area contributed by atoms with Gasteiger partial charge in [-0.3, -0.25) is 4.79 Å². The van der Waals surface area contributed by atoms with Gasteiger partial charge in [-0.2, -0.15) is 5.10 Å². The van der Waals surface area contributed by atoms with Crippen LogP contribution in [0, 0.1) is 0 Å². The van der Waals surface area contributed by atoms with E-state index >= 15 is 0 Å². The van der Waals surface area contributed by atoms with Gasteiger partial charge in [0.05, 0.1) is 11.9 Å². The van der Waals surface area contributed by atoms with Gasteiger partial charge in [-0.05, 0) is 48.0 Å². The minimum Gasteiger partial charge on any atom is -0.348 e. The van der Waals surface area contributed by atoms with Crippen molar-refractivity contribution in [2.75, 3.05) is 0 Å². The topological polar surface area (TPSA) is 59.3 Å². The molecule has 0 spiro atoms. The van der Waals surface area contributed by atoms with Crippen LogP contribution in [0.3, 0.4) is 0 Å². The number of rotatable bonds is 4. The van der Waals surface area contributed by atoms with Crippen molar-refractivity contribution >= 4 is 23.2 Å². The molecule has 0 aliphatic rings. The second-order valence-corrected chi connectivity index (χ2v) is 6.28. The van der Waals surface area contributed by atoms with Gasteiger partial charge in [0.2, 0.25) is 0 Å². The first-order chi connectivity index (χ1) is 12.7. The van der Waals surface area contributed by atoms with Crippen molar-refractivity contribution in [1.82, 2.24) is 19.9 Å². The average molecular weight is 363 g/mol. The lowest BCUT2D eigenvalue weighted by molar-refractivity contribution is 0.0951. The monoisotopic (exact) mass is 362 g/mol. The third kappa shape index (κ3) is 3.43. The Balaban J connectivity index is 1.50. The van der Waals surface area contributed by atoms with E-state index in [-0.39, 0.29) is 5.91 Å². The Bertz CT molecular complexity index is 1040. The molecule has 0 atom stereocenters. The smallest absolute Gasteiger partial charge is 0.251 e. The van der Waals surface area contributed by atoms with E-state index in [0.29, 0.717) is 17.1 Å². The number of benzene rings is 2. The fourth-order valence-electron chi connectivity index (χ4n) is 2.70. The van der Waals surface area contributed by atoms with Crippen LogP contribution in [0.1, 0.15) is 15.9 Å². The van der Waals surface area contributed by atoms with Crippen molar-refractivity contribution in [2.45, 2.75) is 6.54 Å². The molecule has 0 fully saturated rings. The molecule has 0 aliphatic carbocycles. The van der Waals surface area contributed by atoms with Gasteiger partial charge in [-0.25, -0.2) is 9.50 Å². The molecule has 0 bridgehead atoms. The lowest BCUT2D eigenvalue weighted by Crippen LogP contribution is -2.22. The quantitative estimate of drug-likeness (QED) is 0.597. The first-order valence-corrected chi connectivity index (χ1v) is 8.50. The Morgan fingerprint density at radius 1 is 1.08 bits per heavy atom. The maximum atomic E-state index is 12.2. The van der Waals surface area contributed by atoms with E-state index in [1.54, 1.807) is 35.0 Å². The summed E-state index contributed by atoms with van der Waals surface area (Å²) in [5.74, 6) is -0.135. The summed E-state index contributed by atoms with van der Waals surface area (Å²) in [5.41, 5.74) is 4.19. The van der Waals surface area contributed by atoms with Crippen LogP contribution in [0.25, 0.3) is 16.9 Å². The highest BCUT2D eigenvalue weighted by atomic mass is 35.5. The third-order valence-corrected chi connectivity index (χ3v) is 4.27. The normalized spacial score (nSPS) is 10.8. The molecule has 128 valence electrons. The fraction of sp³-hybridized carbons (Fsp3) is 0.0500. The summed E-state index contributed by atoms with van der Waals surface area (Å²) in [5, 5.41) is 7.76. The number of hydrogen-bond acceptors (Lipinski definition) is 3. The number of fused-ring (bicyclic) bond motifs is 1. The van der Waals surface area contributed by atoms with Crippen molar-refractivity contribution in [3.05, 3.63) is 89.2 Å². The molecule has 1 amide bonds. The molecule has 0 saturated carbocycles. The molecule has 2 aromatic heterocycles. The molecule has 4 aromatic rings. The van der Waals surface area contributed by atoms with Gasteiger partial charge >= 0.3 is 0 Å². The maximum Gasteiger partial charge on any atom is 0.251 e. The van der Waals surface area contributed by atoms with Crippen LogP contribution in [-0.4, -0.2) is 20.5 Å². The standard InChI is InChI=1S/C20H15ClN4O/c21-17-8-6-15(7-9-17)20(26)22-12-14-3-1-4-16(11-14)18-13-25-19(24-18)5-2-10-23-25/h1-11,13H,12H2,(H,22,26). The van der Waals surface area contributed by atoms with Crippen molar-refractivity contribution in [1.29, 1.82) is 0 Å². The van der Waals surface area contributed by atoms with Gasteiger partial charge in [-0.1, -0.05) is 29.8 Å². The molecule has 26 heavy (non-hydrogen) atoms. The number of imidazole rings is 1. The summed E-state index contributed by atoms with van der Waals surface area (Å²) in [6, 6.07) is 18.5. The highest BCUT2D eigenvalue weighted by Gasteiger charge is 2.08. The van der Waals surface area contributed by atoms with E-state index in [2.05, 4.69) is 15.4 Å². The fourth-order valence-corrected chi connectivity index (χ4v) is 2.82. The number of carbonyl (C=O) groups excluding carboxylic acids is 1. The molecule has 0 unspecified atom stereocenters. The number of aromatic nitrogens is 3. The summed E-state index contributed by atoms with van der Waals surface area (Å²) in [6.07, 6.45) is 3.61. The Kier molecular flexibility index (Phi) is 4.37. The van der Waals surface area contributed by atoms with E-state index in [0.717, 1.165) is 22.5 Å². The molecule has 2 aromatic carbocycles. The van der Waals surface area contributed by atoms with Crippen LogP contribution in [0.15, 0.2) is 73.1 Å². The van der Waals surface area contributed by atoms with Crippen LogP contribution in [0.4, 0.5) is 0 Å². The lowest BCUT2D eigenvalue weighted by Gasteiger charge is -2.07. The van der Waals surface area contributed by atoms with Gasteiger partial charge in [-0.15, -0.1) is 0 Å². The molecule has 0 radical (unpaired) electrons. The summed E-state index contributed by atoms with van der Waals surface area (Å²) in [4.78, 5) is 16.8. The highest BCUT2D eigenvalue weighted by Crippen LogP contribution is 2.20. The summed E-state index contributed by atoms with van der Waals surface area (Å²) < 4.78 is 1.74. The molecule has 5 nitrogen and oxygen atoms in total. The zero-order chi connectivity index (χ0) is 17.9.